The van der Waals surface area contributed by atoms with Crippen LogP contribution in [0.5, 0.6) is 5.75 Å². The van der Waals surface area contributed by atoms with Gasteiger partial charge in [-0.05, 0) is 29.8 Å². The van der Waals surface area contributed by atoms with E-state index < -0.39 is 5.91 Å². The van der Waals surface area contributed by atoms with Gasteiger partial charge in [-0.2, -0.15) is 0 Å². The summed E-state index contributed by atoms with van der Waals surface area (Å²) in [6, 6.07) is 14.8. The maximum absolute atomic E-state index is 12.5. The number of aromatic nitrogens is 1. The van der Waals surface area contributed by atoms with Gasteiger partial charge in [-0.1, -0.05) is 24.3 Å². The van der Waals surface area contributed by atoms with E-state index in [4.69, 9.17) is 10.6 Å². The number of hydrazine groups is 1. The van der Waals surface area contributed by atoms with E-state index in [1.165, 1.54) is 6.20 Å². The number of fused-ring (bicyclic) bond motifs is 1. The van der Waals surface area contributed by atoms with Crippen LogP contribution in [0.4, 0.5) is 0 Å². The molecule has 122 valence electrons. The van der Waals surface area contributed by atoms with E-state index in [9.17, 15) is 9.59 Å². The predicted molar refractivity (Wildman–Crippen MR) is 92.0 cm³/mol. The van der Waals surface area contributed by atoms with Crippen molar-refractivity contribution >= 4 is 16.8 Å². The number of hydrogen-bond acceptors (Lipinski definition) is 4. The zero-order chi connectivity index (χ0) is 17.1. The van der Waals surface area contributed by atoms with E-state index in [0.29, 0.717) is 11.9 Å². The van der Waals surface area contributed by atoms with Gasteiger partial charge in [-0.25, -0.2) is 5.84 Å². The molecule has 0 aliphatic carbocycles. The Balaban J connectivity index is 2.13. The Bertz CT molecular complexity index is 946. The van der Waals surface area contributed by atoms with E-state index in [0.717, 1.165) is 16.8 Å². The lowest BCUT2D eigenvalue weighted by molar-refractivity contribution is 0.0952. The molecule has 0 atom stereocenters. The summed E-state index contributed by atoms with van der Waals surface area (Å²) < 4.78 is 7.02. The van der Waals surface area contributed by atoms with E-state index in [2.05, 4.69) is 0 Å². The first kappa shape index (κ1) is 15.8. The number of rotatable bonds is 4. The van der Waals surface area contributed by atoms with Crippen molar-refractivity contribution in [1.82, 2.24) is 9.99 Å². The second-order valence-electron chi connectivity index (χ2n) is 5.34. The minimum absolute atomic E-state index is 0.0183. The maximum Gasteiger partial charge on any atom is 0.270 e. The molecule has 0 aliphatic rings. The second kappa shape index (κ2) is 6.55. The lowest BCUT2D eigenvalue weighted by atomic mass is 10.1. The van der Waals surface area contributed by atoms with E-state index in [1.807, 2.05) is 46.4 Å². The molecule has 0 radical (unpaired) electrons. The van der Waals surface area contributed by atoms with Gasteiger partial charge in [-0.15, -0.1) is 0 Å². The standard InChI is InChI=1S/C18H17N3O3/c1-24-13-8-6-12(7-9-13)10-21-11-15(18(23)20-19)17(22)14-4-2-3-5-16(14)21/h2-9,11H,10,19H2,1H3,(H,20,23). The number of benzene rings is 2. The minimum Gasteiger partial charge on any atom is -0.497 e. The highest BCUT2D eigenvalue weighted by Gasteiger charge is 2.14. The van der Waals surface area contributed by atoms with Crippen molar-refractivity contribution in [2.45, 2.75) is 6.54 Å². The monoisotopic (exact) mass is 323 g/mol. The van der Waals surface area contributed by atoms with Crippen molar-refractivity contribution in [3.05, 3.63) is 76.1 Å². The Kier molecular flexibility index (Phi) is 4.31. The third-order valence-corrected chi connectivity index (χ3v) is 3.88. The Hall–Kier alpha value is -3.12. The number of carbonyl (C=O) groups excluding carboxylic acids is 1. The van der Waals surface area contributed by atoms with Crippen LogP contribution in [0.25, 0.3) is 10.9 Å². The zero-order valence-electron chi connectivity index (χ0n) is 13.2. The molecule has 0 saturated carbocycles. The minimum atomic E-state index is -0.603. The van der Waals surface area contributed by atoms with Gasteiger partial charge in [0.25, 0.3) is 5.91 Å². The van der Waals surface area contributed by atoms with Crippen LogP contribution in [0, 0.1) is 0 Å². The SMILES string of the molecule is COc1ccc(Cn2cc(C(=O)NN)c(=O)c3ccccc32)cc1. The number of nitrogens with zero attached hydrogens (tertiary/aromatic N) is 1. The molecule has 0 aliphatic heterocycles. The summed E-state index contributed by atoms with van der Waals surface area (Å²) in [5, 5.41) is 0.479. The average Bonchev–Trinajstić information content (AvgIpc) is 2.64. The third-order valence-electron chi connectivity index (χ3n) is 3.88. The summed E-state index contributed by atoms with van der Waals surface area (Å²) in [5.74, 6) is 5.36. The molecule has 0 spiro atoms. The lowest BCUT2D eigenvalue weighted by Crippen LogP contribution is -2.34. The number of methoxy groups -OCH3 is 1. The fraction of sp³-hybridized carbons (Fsp3) is 0.111. The molecular weight excluding hydrogens is 306 g/mol. The summed E-state index contributed by atoms with van der Waals surface area (Å²) in [6.07, 6.45) is 1.54. The first-order valence-corrected chi connectivity index (χ1v) is 7.40. The number of hydrogen-bond donors (Lipinski definition) is 2. The van der Waals surface area contributed by atoms with Crippen LogP contribution in [0.15, 0.2) is 59.5 Å². The number of nitrogens with two attached hydrogens (primary N) is 1. The smallest absolute Gasteiger partial charge is 0.270 e. The predicted octanol–water partition coefficient (Wildman–Crippen LogP) is 1.66. The van der Waals surface area contributed by atoms with Crippen molar-refractivity contribution in [3.63, 3.8) is 0 Å². The number of amides is 1. The zero-order valence-corrected chi connectivity index (χ0v) is 13.2. The van der Waals surface area contributed by atoms with Gasteiger partial charge in [0, 0.05) is 18.1 Å². The number of ether oxygens (including phenoxy) is 1. The first-order chi connectivity index (χ1) is 11.6. The van der Waals surface area contributed by atoms with Crippen LogP contribution in [-0.4, -0.2) is 17.6 Å². The molecule has 1 heterocycles. The van der Waals surface area contributed by atoms with Gasteiger partial charge < -0.3 is 9.30 Å². The van der Waals surface area contributed by atoms with Crippen LogP contribution in [0.1, 0.15) is 15.9 Å². The molecule has 0 saturated heterocycles. The van der Waals surface area contributed by atoms with Crippen LogP contribution in [0.3, 0.4) is 0 Å². The fourth-order valence-corrected chi connectivity index (χ4v) is 2.64. The van der Waals surface area contributed by atoms with Crippen LogP contribution >= 0.6 is 0 Å². The largest absolute Gasteiger partial charge is 0.497 e. The Morgan fingerprint density at radius 2 is 1.88 bits per heavy atom. The maximum atomic E-state index is 12.5. The molecule has 0 unspecified atom stereocenters. The molecule has 1 aromatic heterocycles. The number of carbonyl (C=O) groups is 1. The summed E-state index contributed by atoms with van der Waals surface area (Å²) >= 11 is 0. The van der Waals surface area contributed by atoms with Crippen molar-refractivity contribution in [1.29, 1.82) is 0 Å². The molecule has 0 fully saturated rings. The normalized spacial score (nSPS) is 10.6. The molecule has 24 heavy (non-hydrogen) atoms. The van der Waals surface area contributed by atoms with Crippen LogP contribution < -0.4 is 21.4 Å². The fourth-order valence-electron chi connectivity index (χ4n) is 2.64. The van der Waals surface area contributed by atoms with Gasteiger partial charge in [0.15, 0.2) is 0 Å². The summed E-state index contributed by atoms with van der Waals surface area (Å²) in [4.78, 5) is 24.4. The highest BCUT2D eigenvalue weighted by Crippen LogP contribution is 2.16. The topological polar surface area (TPSA) is 86.3 Å². The molecule has 0 bridgehead atoms. The quantitative estimate of drug-likeness (QED) is 0.434. The first-order valence-electron chi connectivity index (χ1n) is 7.40. The van der Waals surface area contributed by atoms with Crippen LogP contribution in [-0.2, 0) is 6.54 Å². The summed E-state index contributed by atoms with van der Waals surface area (Å²) in [5.41, 5.74) is 3.48. The highest BCUT2D eigenvalue weighted by atomic mass is 16.5. The van der Waals surface area contributed by atoms with E-state index in [1.54, 1.807) is 19.2 Å². The number of nitrogen functional groups attached to an aromatic ring is 1. The van der Waals surface area contributed by atoms with Gasteiger partial charge in [0.2, 0.25) is 5.43 Å². The van der Waals surface area contributed by atoms with Crippen LogP contribution in [0.2, 0.25) is 0 Å². The van der Waals surface area contributed by atoms with Gasteiger partial charge in [0.05, 0.1) is 12.6 Å². The number of para-hydroxylation sites is 1. The second-order valence-corrected chi connectivity index (χ2v) is 5.34. The Labute approximate surface area is 138 Å². The van der Waals surface area contributed by atoms with Gasteiger partial charge in [-0.3, -0.25) is 15.0 Å². The van der Waals surface area contributed by atoms with Crippen molar-refractivity contribution in [2.75, 3.05) is 7.11 Å². The number of nitrogens with one attached hydrogen (secondary N) is 1. The molecule has 3 aromatic rings. The van der Waals surface area contributed by atoms with Crippen molar-refractivity contribution in [3.8, 4) is 5.75 Å². The van der Waals surface area contributed by atoms with Gasteiger partial charge in [0.1, 0.15) is 11.3 Å². The Morgan fingerprint density at radius 3 is 2.54 bits per heavy atom. The summed E-state index contributed by atoms with van der Waals surface area (Å²) in [7, 11) is 1.61. The molecule has 1 amide bonds. The molecule has 3 N–H and O–H groups in total. The molecule has 2 aromatic carbocycles. The third kappa shape index (κ3) is 2.87. The molecule has 3 rings (SSSR count). The molecule has 6 nitrogen and oxygen atoms in total. The highest BCUT2D eigenvalue weighted by molar-refractivity contribution is 5.96. The van der Waals surface area contributed by atoms with Gasteiger partial charge >= 0.3 is 0 Å². The number of pyridine rings is 1. The summed E-state index contributed by atoms with van der Waals surface area (Å²) in [6.45, 7) is 0.510. The Morgan fingerprint density at radius 1 is 1.17 bits per heavy atom. The average molecular weight is 323 g/mol. The molecular formula is C18H17N3O3. The lowest BCUT2D eigenvalue weighted by Gasteiger charge is -2.13. The van der Waals surface area contributed by atoms with Crippen molar-refractivity contribution < 1.29 is 9.53 Å². The van der Waals surface area contributed by atoms with E-state index >= 15 is 0 Å². The van der Waals surface area contributed by atoms with Crippen molar-refractivity contribution in [2.24, 2.45) is 5.84 Å². The molecule has 6 heteroatoms. The van der Waals surface area contributed by atoms with E-state index in [-0.39, 0.29) is 11.0 Å².